The van der Waals surface area contributed by atoms with Crippen LogP contribution in [-0.2, 0) is 24.1 Å². The van der Waals surface area contributed by atoms with E-state index < -0.39 is 0 Å². The smallest absolute Gasteiger partial charge is 0.221 e. The number of fused-ring (bicyclic) bond motifs is 1. The summed E-state index contributed by atoms with van der Waals surface area (Å²) >= 11 is 0. The Bertz CT molecular complexity index is 757. The molecular weight excluding hydrogens is 356 g/mol. The van der Waals surface area contributed by atoms with Crippen LogP contribution in [0, 0.1) is 0 Å². The highest BCUT2D eigenvalue weighted by atomic mass is 16.1. The van der Waals surface area contributed by atoms with E-state index in [0.717, 1.165) is 31.5 Å². The molecule has 0 radical (unpaired) electrons. The van der Waals surface area contributed by atoms with Crippen LogP contribution in [0.1, 0.15) is 68.6 Å². The van der Waals surface area contributed by atoms with E-state index in [1.54, 1.807) is 6.92 Å². The molecule has 0 saturated carbocycles. The fourth-order valence-electron chi connectivity index (χ4n) is 4.40. The number of carbonyl (C=O) groups is 1. The van der Waals surface area contributed by atoms with Crippen LogP contribution >= 0.6 is 0 Å². The van der Waals surface area contributed by atoms with Crippen molar-refractivity contribution in [2.75, 3.05) is 11.9 Å². The predicted molar refractivity (Wildman–Crippen MR) is 122 cm³/mol. The van der Waals surface area contributed by atoms with Gasteiger partial charge in [-0.3, -0.25) is 4.79 Å². The summed E-state index contributed by atoms with van der Waals surface area (Å²) in [6.45, 7) is 2.70. The third kappa shape index (κ3) is 7.32. The second-order valence-electron chi connectivity index (χ2n) is 8.38. The Morgan fingerprint density at radius 3 is 2.48 bits per heavy atom. The van der Waals surface area contributed by atoms with E-state index in [4.69, 9.17) is 0 Å². The third-order valence-electron chi connectivity index (χ3n) is 5.96. The van der Waals surface area contributed by atoms with Crippen LogP contribution in [0.4, 0.5) is 5.69 Å². The summed E-state index contributed by atoms with van der Waals surface area (Å²) in [6, 6.07) is 17.7. The van der Waals surface area contributed by atoms with Crippen molar-refractivity contribution in [1.29, 1.82) is 0 Å². The summed E-state index contributed by atoms with van der Waals surface area (Å²) < 4.78 is 0. The zero-order valence-corrected chi connectivity index (χ0v) is 17.9. The molecule has 2 aromatic rings. The minimum atomic E-state index is 0.0127. The van der Waals surface area contributed by atoms with Gasteiger partial charge in [-0.1, -0.05) is 68.1 Å². The first-order chi connectivity index (χ1) is 14.2. The number of rotatable bonds is 11. The maximum Gasteiger partial charge on any atom is 0.221 e. The Morgan fingerprint density at radius 2 is 1.69 bits per heavy atom. The van der Waals surface area contributed by atoms with Crippen LogP contribution < -0.4 is 10.6 Å². The lowest BCUT2D eigenvalue weighted by Crippen LogP contribution is -2.35. The number of unbranched alkanes of at least 4 members (excludes halogenated alkanes) is 5. The second kappa shape index (κ2) is 11.8. The molecule has 2 aromatic carbocycles. The molecule has 3 rings (SSSR count). The molecule has 1 amide bonds. The molecule has 1 aliphatic rings. The summed E-state index contributed by atoms with van der Waals surface area (Å²) in [5.41, 5.74) is 5.19. The van der Waals surface area contributed by atoms with Gasteiger partial charge in [0.2, 0.25) is 5.91 Å². The fourth-order valence-corrected chi connectivity index (χ4v) is 4.40. The average Bonchev–Trinajstić information content (AvgIpc) is 2.73. The van der Waals surface area contributed by atoms with Crippen LogP contribution in [0.3, 0.4) is 0 Å². The lowest BCUT2D eigenvalue weighted by molar-refractivity contribution is -0.114. The number of carbonyl (C=O) groups excluding carboxylic acids is 1. The molecule has 2 N–H and O–H groups in total. The average molecular weight is 393 g/mol. The van der Waals surface area contributed by atoms with Gasteiger partial charge in [0.15, 0.2) is 0 Å². The van der Waals surface area contributed by atoms with Crippen LogP contribution in [0.2, 0.25) is 0 Å². The second-order valence-corrected chi connectivity index (χ2v) is 8.38. The Kier molecular flexibility index (Phi) is 8.76. The molecule has 1 atom stereocenters. The zero-order valence-electron chi connectivity index (χ0n) is 17.9. The minimum Gasteiger partial charge on any atom is -0.326 e. The van der Waals surface area contributed by atoms with Crippen molar-refractivity contribution in [3.63, 3.8) is 0 Å². The number of hydrogen-bond acceptors (Lipinski definition) is 2. The van der Waals surface area contributed by atoms with Crippen molar-refractivity contribution in [2.24, 2.45) is 0 Å². The molecule has 1 aliphatic carbocycles. The molecule has 0 aliphatic heterocycles. The lowest BCUT2D eigenvalue weighted by atomic mass is 9.87. The van der Waals surface area contributed by atoms with E-state index in [0.29, 0.717) is 6.04 Å². The SMILES string of the molecule is CC(=O)Nc1cccc2c1CCC(NCCCCCCCCc1ccccc1)C2. The van der Waals surface area contributed by atoms with E-state index >= 15 is 0 Å². The largest absolute Gasteiger partial charge is 0.326 e. The van der Waals surface area contributed by atoms with Gasteiger partial charge in [-0.15, -0.1) is 0 Å². The number of benzene rings is 2. The molecule has 0 saturated heterocycles. The summed E-state index contributed by atoms with van der Waals surface area (Å²) in [7, 11) is 0. The molecular formula is C26H36N2O. The van der Waals surface area contributed by atoms with Crippen LogP contribution in [0.15, 0.2) is 48.5 Å². The number of aryl methyl sites for hydroxylation is 1. The third-order valence-corrected chi connectivity index (χ3v) is 5.96. The van der Waals surface area contributed by atoms with Gasteiger partial charge in [-0.05, 0) is 67.8 Å². The Hall–Kier alpha value is -2.13. The molecule has 0 aromatic heterocycles. The van der Waals surface area contributed by atoms with E-state index in [1.165, 1.54) is 61.6 Å². The van der Waals surface area contributed by atoms with Crippen LogP contribution in [-0.4, -0.2) is 18.5 Å². The highest BCUT2D eigenvalue weighted by molar-refractivity contribution is 5.89. The van der Waals surface area contributed by atoms with E-state index in [2.05, 4.69) is 53.1 Å². The van der Waals surface area contributed by atoms with Crippen LogP contribution in [0.5, 0.6) is 0 Å². The molecule has 156 valence electrons. The summed E-state index contributed by atoms with van der Waals surface area (Å²) in [6.07, 6.45) is 12.5. The van der Waals surface area contributed by atoms with E-state index in [1.807, 2.05) is 6.07 Å². The van der Waals surface area contributed by atoms with Crippen molar-refractivity contribution in [2.45, 2.75) is 77.2 Å². The minimum absolute atomic E-state index is 0.0127. The van der Waals surface area contributed by atoms with E-state index in [9.17, 15) is 4.79 Å². The summed E-state index contributed by atoms with van der Waals surface area (Å²) in [4.78, 5) is 11.4. The zero-order chi connectivity index (χ0) is 20.3. The van der Waals surface area contributed by atoms with Crippen molar-refractivity contribution < 1.29 is 4.79 Å². The molecule has 0 spiro atoms. The fraction of sp³-hybridized carbons (Fsp3) is 0.500. The van der Waals surface area contributed by atoms with Crippen molar-refractivity contribution >= 4 is 11.6 Å². The summed E-state index contributed by atoms with van der Waals surface area (Å²) in [5, 5.41) is 6.74. The lowest BCUT2D eigenvalue weighted by Gasteiger charge is -2.27. The first-order valence-electron chi connectivity index (χ1n) is 11.4. The van der Waals surface area contributed by atoms with Gasteiger partial charge in [-0.2, -0.15) is 0 Å². The maximum absolute atomic E-state index is 11.4. The summed E-state index contributed by atoms with van der Waals surface area (Å²) in [5.74, 6) is 0.0127. The Labute approximate surface area is 176 Å². The van der Waals surface area contributed by atoms with Gasteiger partial charge < -0.3 is 10.6 Å². The molecule has 3 heteroatoms. The maximum atomic E-state index is 11.4. The predicted octanol–water partition coefficient (Wildman–Crippen LogP) is 5.68. The molecule has 1 unspecified atom stereocenters. The first kappa shape index (κ1) is 21.6. The van der Waals surface area contributed by atoms with Gasteiger partial charge in [0.1, 0.15) is 0 Å². The number of hydrogen-bond donors (Lipinski definition) is 2. The van der Waals surface area contributed by atoms with Crippen molar-refractivity contribution in [3.8, 4) is 0 Å². The van der Waals surface area contributed by atoms with Gasteiger partial charge >= 0.3 is 0 Å². The number of nitrogens with one attached hydrogen (secondary N) is 2. The highest BCUT2D eigenvalue weighted by Crippen LogP contribution is 2.28. The van der Waals surface area contributed by atoms with Gasteiger partial charge in [-0.25, -0.2) is 0 Å². The molecule has 29 heavy (non-hydrogen) atoms. The molecule has 3 nitrogen and oxygen atoms in total. The normalized spacial score (nSPS) is 15.7. The molecule has 0 heterocycles. The first-order valence-corrected chi connectivity index (χ1v) is 11.4. The Morgan fingerprint density at radius 1 is 0.931 bits per heavy atom. The van der Waals surface area contributed by atoms with Crippen molar-refractivity contribution in [3.05, 3.63) is 65.2 Å². The number of anilines is 1. The van der Waals surface area contributed by atoms with E-state index in [-0.39, 0.29) is 5.91 Å². The molecule has 0 bridgehead atoms. The monoisotopic (exact) mass is 392 g/mol. The van der Waals surface area contributed by atoms with Gasteiger partial charge in [0, 0.05) is 18.7 Å². The highest BCUT2D eigenvalue weighted by Gasteiger charge is 2.20. The Balaban J connectivity index is 1.25. The topological polar surface area (TPSA) is 41.1 Å². The quantitative estimate of drug-likeness (QED) is 0.483. The van der Waals surface area contributed by atoms with Gasteiger partial charge in [0.25, 0.3) is 0 Å². The number of amides is 1. The standard InChI is InChI=1S/C26H36N2O/c1-21(29)28-26-16-11-15-23-20-24(17-18-25(23)26)27-19-10-5-3-2-4-7-12-22-13-8-6-9-14-22/h6,8-9,11,13-16,24,27H,2-5,7,10,12,17-20H2,1H3,(H,28,29). The van der Waals surface area contributed by atoms with Crippen molar-refractivity contribution in [1.82, 2.24) is 5.32 Å². The van der Waals surface area contributed by atoms with Crippen LogP contribution in [0.25, 0.3) is 0 Å². The molecule has 0 fully saturated rings. The van der Waals surface area contributed by atoms with Gasteiger partial charge in [0.05, 0.1) is 0 Å².